The maximum absolute atomic E-state index is 9.56. The number of nitrogens with one attached hydrogen (secondary N) is 6. The van der Waals surface area contributed by atoms with E-state index in [9.17, 15) is 8.42 Å². The van der Waals surface area contributed by atoms with Crippen LogP contribution in [0.25, 0.3) is 17.2 Å². The van der Waals surface area contributed by atoms with Gasteiger partial charge in [-0.3, -0.25) is 8.42 Å². The minimum atomic E-state index is -2.03. The number of rotatable bonds is 0. The van der Waals surface area contributed by atoms with Crippen LogP contribution < -0.4 is 0 Å². The van der Waals surface area contributed by atoms with Crippen molar-refractivity contribution in [2.75, 3.05) is 25.0 Å². The molecule has 0 aliphatic carbocycles. The monoisotopic (exact) mass is 1120 g/mol. The van der Waals surface area contributed by atoms with Gasteiger partial charge in [0.05, 0.1) is 17.5 Å². The normalized spacial score (nSPS) is 13.2. The van der Waals surface area contributed by atoms with Gasteiger partial charge < -0.3 is 48.4 Å². The maximum atomic E-state index is 9.56. The Labute approximate surface area is 382 Å². The van der Waals surface area contributed by atoms with E-state index in [1.54, 1.807) is 25.0 Å². The van der Waals surface area contributed by atoms with Crippen LogP contribution in [0.3, 0.4) is 0 Å². The molecule has 11 nitrogen and oxygen atoms in total. The Morgan fingerprint density at radius 2 is 0.521 bits per heavy atom. The predicted molar refractivity (Wildman–Crippen MR) is 220 cm³/mol. The Balaban J connectivity index is -0.000000122. The van der Waals surface area contributed by atoms with Crippen LogP contribution in [0.15, 0.2) is 15.0 Å². The van der Waals surface area contributed by atoms with Crippen molar-refractivity contribution in [2.45, 2.75) is 22.8 Å². The van der Waals surface area contributed by atoms with Crippen molar-refractivity contribution in [1.29, 1.82) is 16.2 Å². The summed E-state index contributed by atoms with van der Waals surface area (Å²) in [5.74, 6) is -4.12. The van der Waals surface area contributed by atoms with Crippen molar-refractivity contribution in [3.05, 3.63) is 17.2 Å². The molecule has 0 aliphatic rings. The molecule has 0 aliphatic heterocycles. The van der Waals surface area contributed by atoms with Crippen LogP contribution in [0.2, 0.25) is 0 Å². The van der Waals surface area contributed by atoms with Crippen molar-refractivity contribution in [2.24, 2.45) is 15.0 Å². The van der Waals surface area contributed by atoms with Crippen LogP contribution in [-0.2, 0) is 38.4 Å². The number of halogens is 18. The van der Waals surface area contributed by atoms with Gasteiger partial charge in [0.1, 0.15) is 0 Å². The van der Waals surface area contributed by atoms with E-state index in [0.29, 0.717) is 0 Å². The third-order valence-electron chi connectivity index (χ3n) is 2.28. The molecule has 286 valence electrons. The summed E-state index contributed by atoms with van der Waals surface area (Å²) >= 11 is 94.8. The molecule has 0 aromatic heterocycles. The molecule has 0 atom stereocenters. The number of hydrogen-bond donors (Lipinski definition) is 3. The largest absolute Gasteiger partial charge is 3.00 e. The summed E-state index contributed by atoms with van der Waals surface area (Å²) in [5, 5.41) is 21.2. The van der Waals surface area contributed by atoms with E-state index in [0.717, 1.165) is 0 Å². The van der Waals surface area contributed by atoms with Gasteiger partial charge in [0.15, 0.2) is 0 Å². The average Bonchev–Trinajstić information content (AvgIpc) is 2.75. The fourth-order valence-electron chi connectivity index (χ4n) is 0.716. The van der Waals surface area contributed by atoms with Gasteiger partial charge in [0.25, 0.3) is 0 Å². The zero-order valence-corrected chi connectivity index (χ0v) is 39.4. The molecule has 6 N–H and O–H groups in total. The Hall–Kier alpha value is 3.45. The fraction of sp³-hybridized carbons (Fsp3) is 0.625. The minimum Gasteiger partial charge on any atom is -0.482 e. The van der Waals surface area contributed by atoms with Crippen LogP contribution in [0.5, 0.6) is 0 Å². The minimum absolute atomic E-state index is 0. The number of aliphatic imine (C=N–C) groups is 3. The van der Waals surface area contributed by atoms with Crippen LogP contribution in [-0.4, -0.2) is 91.2 Å². The van der Waals surface area contributed by atoms with Gasteiger partial charge in [-0.1, -0.05) is 209 Å². The van der Waals surface area contributed by atoms with E-state index in [1.165, 1.54) is 0 Å². The first-order valence-corrected chi connectivity index (χ1v) is 20.4. The first kappa shape index (κ1) is 63.4. The summed E-state index contributed by atoms with van der Waals surface area (Å²) in [6, 6.07) is 0. The van der Waals surface area contributed by atoms with E-state index in [1.807, 2.05) is 0 Å². The Kier molecular flexibility index (Phi) is 36.9. The molecule has 32 heteroatoms. The Bertz CT molecular complexity index is 1030. The molecular weight excluding hydrogens is 1110 g/mol. The summed E-state index contributed by atoms with van der Waals surface area (Å²) in [7, 11) is -1.22. The van der Waals surface area contributed by atoms with E-state index < -0.39 is 79.4 Å². The van der Waals surface area contributed by atoms with Crippen LogP contribution in [0.1, 0.15) is 0 Å². The summed E-state index contributed by atoms with van der Waals surface area (Å²) in [6.45, 7) is 0. The molecule has 0 amide bonds. The molecule has 0 unspecified atom stereocenters. The summed E-state index contributed by atoms with van der Waals surface area (Å²) < 4.78 is 6.96. The van der Waals surface area contributed by atoms with Gasteiger partial charge in [0, 0.05) is 46.6 Å². The molecule has 0 saturated heterocycles. The molecule has 0 heterocycles. The quantitative estimate of drug-likeness (QED) is 0.123. The molecule has 0 aromatic carbocycles. The van der Waals surface area contributed by atoms with Crippen LogP contribution in [0, 0.1) is 16.2 Å². The van der Waals surface area contributed by atoms with Gasteiger partial charge >= 0.3 is 16.8 Å². The Morgan fingerprint density at radius 3 is 0.583 bits per heavy atom. The second-order valence-electron chi connectivity index (χ2n) is 6.90. The van der Waals surface area contributed by atoms with E-state index in [2.05, 4.69) is 15.0 Å². The summed E-state index contributed by atoms with van der Waals surface area (Å²) in [6.07, 6.45) is 6.56. The van der Waals surface area contributed by atoms with Crippen molar-refractivity contribution in [3.8, 4) is 0 Å². The molecule has 0 aromatic rings. The predicted octanol–water partition coefficient (Wildman–Crippen LogP) is 12.5. The number of hydrogen-bond acceptors (Lipinski definition) is 5. The van der Waals surface area contributed by atoms with Crippen molar-refractivity contribution in [3.63, 3.8) is 0 Å². The zero-order valence-electron chi connectivity index (χ0n) is 23.1. The number of nitrogens with zero attached hydrogens (tertiary/aromatic N) is 3. The summed E-state index contributed by atoms with van der Waals surface area (Å²) in [4.78, 5) is 9.58. The third kappa shape index (κ3) is 43.8. The van der Waals surface area contributed by atoms with E-state index >= 15 is 0 Å². The third-order valence-corrected chi connectivity index (χ3v) is 5.50. The van der Waals surface area contributed by atoms with E-state index in [4.69, 9.17) is 242 Å². The Morgan fingerprint density at radius 1 is 0.417 bits per heavy atom. The van der Waals surface area contributed by atoms with Crippen molar-refractivity contribution in [1.82, 2.24) is 0 Å². The van der Waals surface area contributed by atoms with Crippen LogP contribution >= 0.6 is 209 Å². The number of amidine groups is 6. The molecule has 0 bridgehead atoms. The zero-order chi connectivity index (χ0) is 39.7. The van der Waals surface area contributed by atoms with Crippen molar-refractivity contribution >= 4 is 265 Å². The standard InChI is InChI=1S/3C4H2Cl6N3.2C2H6OS.Co/c3*5-3(6,7)1(11)13-2(12)4(8,9)10;2*1-4(2)3;/h3*(H2-,11,12,13);2*1-2H3;/q3*-1;;;+3. The van der Waals surface area contributed by atoms with E-state index in [-0.39, 0.29) is 16.8 Å². The first-order valence-electron chi connectivity index (χ1n) is 9.71. The van der Waals surface area contributed by atoms with Gasteiger partial charge in [0.2, 0.25) is 22.8 Å². The van der Waals surface area contributed by atoms with Crippen molar-refractivity contribution < 1.29 is 25.2 Å². The first-order chi connectivity index (χ1) is 20.1. The fourth-order valence-corrected chi connectivity index (χ4v) is 1.48. The second kappa shape index (κ2) is 27.9. The number of alkyl halides is 18. The summed E-state index contributed by atoms with van der Waals surface area (Å²) in [5.41, 5.74) is 21.2. The molecule has 48 heavy (non-hydrogen) atoms. The smallest absolute Gasteiger partial charge is 0.482 e. The van der Waals surface area contributed by atoms with Gasteiger partial charge in [-0.2, -0.15) is 0 Å². The van der Waals surface area contributed by atoms with Gasteiger partial charge in [-0.15, -0.1) is 0 Å². The molecule has 0 spiro atoms. The van der Waals surface area contributed by atoms with Gasteiger partial charge in [-0.25, -0.2) is 0 Å². The maximum Gasteiger partial charge on any atom is 3.00 e. The second-order valence-corrected chi connectivity index (χ2v) is 23.6. The van der Waals surface area contributed by atoms with Crippen LogP contribution in [0.4, 0.5) is 0 Å². The van der Waals surface area contributed by atoms with Gasteiger partial charge in [-0.05, 0) is 17.5 Å². The molecule has 0 rings (SSSR count). The average molecular weight is 1130 g/mol. The molecular formula is C16H18Cl18CoN9O2S2. The SMILES string of the molecule is CS(C)=O.CS(C)=O.N=C(N=C([NH-])C(Cl)(Cl)Cl)C(Cl)(Cl)Cl.N=C(N=C([NH-])C(Cl)(Cl)Cl)C(Cl)(Cl)Cl.N=C(N=C([NH-])C(Cl)(Cl)Cl)C(Cl)(Cl)Cl.[Co+3]. The topological polar surface area (TPSA) is 214 Å². The molecule has 0 radical (unpaired) electrons. The molecule has 0 saturated carbocycles. The molecule has 0 fully saturated rings.